The van der Waals surface area contributed by atoms with Crippen molar-refractivity contribution in [2.45, 2.75) is 97.1 Å². The normalized spacial score (nSPS) is 21.7. The Labute approximate surface area is 354 Å². The molecule has 0 amide bonds. The smallest absolute Gasteiger partial charge is 0.188 e. The first-order chi connectivity index (χ1) is 28.8. The van der Waals surface area contributed by atoms with Gasteiger partial charge in [-0.05, 0) is 111 Å². The molecule has 1 heterocycles. The third-order valence-corrected chi connectivity index (χ3v) is 13.2. The van der Waals surface area contributed by atoms with E-state index in [1.807, 2.05) is 0 Å². The number of hydrogen-bond donors (Lipinski definition) is 0. The van der Waals surface area contributed by atoms with Gasteiger partial charge in [0.1, 0.15) is 11.0 Å². The van der Waals surface area contributed by atoms with E-state index in [1.165, 1.54) is 62.4 Å². The van der Waals surface area contributed by atoms with Crippen LogP contribution in [0.4, 0.5) is 5.69 Å². The van der Waals surface area contributed by atoms with Crippen LogP contribution in [0.3, 0.4) is 0 Å². The topological polar surface area (TPSA) is 49.3 Å². The first kappa shape index (κ1) is 38.9. The molecular formula is C53H54N4OS. The number of benzene rings is 2. The van der Waals surface area contributed by atoms with Crippen molar-refractivity contribution in [3.8, 4) is 0 Å². The van der Waals surface area contributed by atoms with Gasteiger partial charge in [0.15, 0.2) is 5.78 Å². The highest BCUT2D eigenvalue weighted by Gasteiger charge is 2.29. The van der Waals surface area contributed by atoms with Crippen molar-refractivity contribution in [3.63, 3.8) is 0 Å². The summed E-state index contributed by atoms with van der Waals surface area (Å²) in [6.07, 6.45) is 45.3. The molecule has 6 heteroatoms. The second-order valence-electron chi connectivity index (χ2n) is 17.4. The maximum absolute atomic E-state index is 13.6. The molecule has 2 unspecified atom stereocenters. The lowest BCUT2D eigenvalue weighted by atomic mass is 9.79. The van der Waals surface area contributed by atoms with Crippen molar-refractivity contribution in [2.75, 3.05) is 4.90 Å². The Morgan fingerprint density at radius 2 is 1.37 bits per heavy atom. The molecule has 298 valence electrons. The lowest BCUT2D eigenvalue weighted by Gasteiger charge is -2.37. The second kappa shape index (κ2) is 16.9. The minimum Gasteiger partial charge on any atom is -0.338 e. The van der Waals surface area contributed by atoms with E-state index >= 15 is 0 Å². The van der Waals surface area contributed by atoms with Crippen LogP contribution in [0, 0.1) is 5.41 Å². The van der Waals surface area contributed by atoms with Crippen molar-refractivity contribution in [3.05, 3.63) is 185 Å². The molecule has 0 fully saturated rings. The van der Waals surface area contributed by atoms with Gasteiger partial charge in [0.25, 0.3) is 0 Å². The van der Waals surface area contributed by atoms with Crippen LogP contribution in [0.15, 0.2) is 173 Å². The number of anilines is 1. The molecule has 2 aromatic carbocycles. The van der Waals surface area contributed by atoms with Gasteiger partial charge < -0.3 is 9.80 Å². The summed E-state index contributed by atoms with van der Waals surface area (Å²) in [5.41, 5.74) is 15.4. The highest BCUT2D eigenvalue weighted by molar-refractivity contribution is 7.00. The third kappa shape index (κ3) is 8.20. The van der Waals surface area contributed by atoms with Crippen LogP contribution >= 0.6 is 11.7 Å². The van der Waals surface area contributed by atoms with Crippen LogP contribution in [-0.2, 0) is 4.79 Å². The van der Waals surface area contributed by atoms with E-state index in [-0.39, 0.29) is 17.2 Å². The number of nitrogens with zero attached hydrogens (tertiary/aromatic N) is 4. The van der Waals surface area contributed by atoms with Crippen LogP contribution in [0.25, 0.3) is 22.2 Å². The molecule has 0 radical (unpaired) electrons. The van der Waals surface area contributed by atoms with Gasteiger partial charge in [0.05, 0.1) is 23.8 Å². The Morgan fingerprint density at radius 3 is 1.93 bits per heavy atom. The highest BCUT2D eigenvalue weighted by atomic mass is 32.1. The fraction of sp³-hybridized carbons (Fsp3) is 0.302. The zero-order chi connectivity index (χ0) is 40.3. The maximum atomic E-state index is 13.6. The molecule has 59 heavy (non-hydrogen) atoms. The van der Waals surface area contributed by atoms with Crippen LogP contribution in [-0.4, -0.2) is 31.5 Å². The molecule has 0 bridgehead atoms. The predicted octanol–water partition coefficient (Wildman–Crippen LogP) is 13.3. The Hall–Kier alpha value is -5.59. The molecule has 6 aliphatic carbocycles. The molecule has 0 saturated heterocycles. The summed E-state index contributed by atoms with van der Waals surface area (Å²) in [5, 5.41) is 0. The van der Waals surface area contributed by atoms with E-state index in [2.05, 4.69) is 170 Å². The Balaban J connectivity index is 0.947. The first-order valence-electron chi connectivity index (χ1n) is 21.5. The molecule has 5 nitrogen and oxygen atoms in total. The van der Waals surface area contributed by atoms with E-state index < -0.39 is 0 Å². The Kier molecular flexibility index (Phi) is 11.2. The van der Waals surface area contributed by atoms with Crippen molar-refractivity contribution in [1.82, 2.24) is 13.6 Å². The largest absolute Gasteiger partial charge is 0.338 e. The molecule has 0 aliphatic heterocycles. The van der Waals surface area contributed by atoms with Gasteiger partial charge in [-0.1, -0.05) is 136 Å². The summed E-state index contributed by atoms with van der Waals surface area (Å²) in [6, 6.07) is 15.8. The molecule has 0 saturated carbocycles. The molecule has 1 aromatic heterocycles. The van der Waals surface area contributed by atoms with E-state index in [9.17, 15) is 4.79 Å². The average Bonchev–Trinajstić information content (AvgIpc) is 3.78. The minimum absolute atomic E-state index is 0.139. The third-order valence-electron chi connectivity index (χ3n) is 12.6. The average molecular weight is 795 g/mol. The Bertz CT molecular complexity index is 2520. The molecule has 0 spiro atoms. The summed E-state index contributed by atoms with van der Waals surface area (Å²) >= 11 is 1.31. The number of rotatable bonds is 10. The van der Waals surface area contributed by atoms with Crippen LogP contribution in [0.5, 0.6) is 0 Å². The maximum Gasteiger partial charge on any atom is 0.188 e. The SMILES string of the molecule is CC(C)(C)C1=CC=C(C(=O)C2=CCC(N(C3=CCCC=C3)C3=CC=C(c4ccc(C5=CC=C(N(c6ccccc6)C6C=CC=CC6)CC5)c5nsnc45)CC3)C=C2)CC1. The predicted molar refractivity (Wildman–Crippen MR) is 247 cm³/mol. The van der Waals surface area contributed by atoms with E-state index in [1.54, 1.807) is 0 Å². The number of para-hydroxylation sites is 1. The van der Waals surface area contributed by atoms with Crippen molar-refractivity contribution in [1.29, 1.82) is 0 Å². The highest BCUT2D eigenvalue weighted by Crippen LogP contribution is 2.41. The number of carbonyl (C=O) groups excluding carboxylic acids is 1. The molecular weight excluding hydrogens is 741 g/mol. The fourth-order valence-corrected chi connectivity index (χ4v) is 9.93. The number of hydrogen-bond acceptors (Lipinski definition) is 6. The van der Waals surface area contributed by atoms with Gasteiger partial charge in [-0.3, -0.25) is 4.79 Å². The zero-order valence-corrected chi connectivity index (χ0v) is 35.4. The summed E-state index contributed by atoms with van der Waals surface area (Å²) in [4.78, 5) is 18.6. The number of carbonyl (C=O) groups is 1. The summed E-state index contributed by atoms with van der Waals surface area (Å²) < 4.78 is 9.77. The van der Waals surface area contributed by atoms with Crippen LogP contribution in [0.2, 0.25) is 0 Å². The minimum atomic E-state index is 0.139. The van der Waals surface area contributed by atoms with Crippen molar-refractivity contribution >= 4 is 45.4 Å². The van der Waals surface area contributed by atoms with Crippen molar-refractivity contribution in [2.24, 2.45) is 5.41 Å². The Morgan fingerprint density at radius 1 is 0.661 bits per heavy atom. The number of Topliss-reactive ketones (excluding diaryl/α,β-unsaturated/α-hetero) is 1. The molecule has 3 aromatic rings. The molecule has 9 rings (SSSR count). The van der Waals surface area contributed by atoms with Gasteiger partial charge in [-0.25, -0.2) is 0 Å². The summed E-state index contributed by atoms with van der Waals surface area (Å²) in [7, 11) is 0. The molecule has 6 aliphatic rings. The number of aromatic nitrogens is 2. The lowest BCUT2D eigenvalue weighted by molar-refractivity contribution is -0.112. The number of fused-ring (bicyclic) bond motifs is 1. The van der Waals surface area contributed by atoms with E-state index in [4.69, 9.17) is 8.75 Å². The van der Waals surface area contributed by atoms with Gasteiger partial charge in [-0.2, -0.15) is 8.75 Å². The quantitative estimate of drug-likeness (QED) is 0.205. The van der Waals surface area contributed by atoms with Crippen LogP contribution < -0.4 is 4.90 Å². The lowest BCUT2D eigenvalue weighted by Crippen LogP contribution is -2.34. The number of allylic oxidation sites excluding steroid dienone is 19. The standard InChI is InChI=1S/C53H54N4OS/c1-53(2,3)41-27-19-39(20-28-41)52(58)40-25-33-47(34-26-40)57(44-17-11-6-12-18-44)46-31-23-38(24-32-46)49-36-35-48(50-51(49)55-59-54-50)37-21-29-45(30-22-37)56(42-13-7-4-8-14-42)43-15-9-5-10-16-43/h4-5,7-11,13-15,17-19,21,23,25-27,29,31,33,35-36,43,47H,6,12,16,20,22,24,28,30,32,34H2,1-3H3. The monoisotopic (exact) mass is 794 g/mol. The van der Waals surface area contributed by atoms with Crippen molar-refractivity contribution < 1.29 is 4.79 Å². The summed E-state index contributed by atoms with van der Waals surface area (Å²) in [6.45, 7) is 6.74. The summed E-state index contributed by atoms with van der Waals surface area (Å²) in [5.74, 6) is 0.173. The van der Waals surface area contributed by atoms with E-state index in [0.29, 0.717) is 6.04 Å². The van der Waals surface area contributed by atoms with Gasteiger partial charge >= 0.3 is 0 Å². The van der Waals surface area contributed by atoms with Gasteiger partial charge in [0.2, 0.25) is 0 Å². The zero-order valence-electron chi connectivity index (χ0n) is 34.6. The molecule has 0 N–H and O–H groups in total. The second-order valence-corrected chi connectivity index (χ2v) is 17.9. The fourth-order valence-electron chi connectivity index (χ4n) is 9.36. The van der Waals surface area contributed by atoms with E-state index in [0.717, 1.165) is 86.4 Å². The number of ketones is 1. The first-order valence-corrected chi connectivity index (χ1v) is 22.3. The molecule has 2 atom stereocenters. The van der Waals surface area contributed by atoms with Gasteiger partial charge in [0, 0.05) is 45.1 Å². The van der Waals surface area contributed by atoms with Gasteiger partial charge in [-0.15, -0.1) is 0 Å². The van der Waals surface area contributed by atoms with Crippen LogP contribution in [0.1, 0.15) is 96.1 Å².